The summed E-state index contributed by atoms with van der Waals surface area (Å²) in [6.07, 6.45) is 5.24. The van der Waals surface area contributed by atoms with Crippen LogP contribution in [0.3, 0.4) is 0 Å². The maximum Gasteiger partial charge on any atom is 0.283 e. The SMILES string of the molecule is C#CC1CC(=O)N(CS(=O)(=O)O)C1. The Labute approximate surface area is 76.5 Å². The predicted molar refractivity (Wildman–Crippen MR) is 45.1 cm³/mol. The van der Waals surface area contributed by atoms with Gasteiger partial charge in [0.1, 0.15) is 5.88 Å². The molecule has 1 aliphatic rings. The summed E-state index contributed by atoms with van der Waals surface area (Å²) in [6.45, 7) is 0.203. The highest BCUT2D eigenvalue weighted by molar-refractivity contribution is 7.85. The molecule has 0 bridgehead atoms. The highest BCUT2D eigenvalue weighted by Crippen LogP contribution is 2.16. The van der Waals surface area contributed by atoms with Crippen LogP contribution in [0.25, 0.3) is 0 Å². The van der Waals surface area contributed by atoms with Gasteiger partial charge in [0, 0.05) is 18.9 Å². The van der Waals surface area contributed by atoms with Crippen LogP contribution in [-0.4, -0.2) is 36.2 Å². The van der Waals surface area contributed by atoms with Crippen LogP contribution in [0.4, 0.5) is 0 Å². The molecule has 1 saturated heterocycles. The molecule has 13 heavy (non-hydrogen) atoms. The zero-order valence-corrected chi connectivity index (χ0v) is 7.62. The van der Waals surface area contributed by atoms with Crippen LogP contribution >= 0.6 is 0 Å². The summed E-state index contributed by atoms with van der Waals surface area (Å²) in [6, 6.07) is 0. The first kappa shape index (κ1) is 10.0. The molecule has 0 saturated carbocycles. The first-order valence-electron chi connectivity index (χ1n) is 3.61. The minimum absolute atomic E-state index is 0.159. The molecule has 0 spiro atoms. The van der Waals surface area contributed by atoms with E-state index in [2.05, 4.69) is 5.92 Å². The van der Waals surface area contributed by atoms with E-state index >= 15 is 0 Å². The Morgan fingerprint density at radius 1 is 1.69 bits per heavy atom. The van der Waals surface area contributed by atoms with E-state index in [0.29, 0.717) is 0 Å². The molecule has 1 atom stereocenters. The van der Waals surface area contributed by atoms with Gasteiger partial charge in [-0.1, -0.05) is 0 Å². The summed E-state index contributed by atoms with van der Waals surface area (Å²) in [5.74, 6) is 1.13. The van der Waals surface area contributed by atoms with Crippen LogP contribution in [0.1, 0.15) is 6.42 Å². The van der Waals surface area contributed by atoms with Crippen molar-refractivity contribution in [3.8, 4) is 12.3 Å². The summed E-state index contributed by atoms with van der Waals surface area (Å²) < 4.78 is 29.4. The van der Waals surface area contributed by atoms with Gasteiger partial charge in [0.25, 0.3) is 10.1 Å². The number of carbonyl (C=O) groups excluding carboxylic acids is 1. The van der Waals surface area contributed by atoms with Gasteiger partial charge in [0.05, 0.1) is 0 Å². The van der Waals surface area contributed by atoms with E-state index < -0.39 is 16.0 Å². The van der Waals surface area contributed by atoms with Crippen molar-refractivity contribution in [3.05, 3.63) is 0 Å². The summed E-state index contributed by atoms with van der Waals surface area (Å²) in [4.78, 5) is 12.1. The molecule has 72 valence electrons. The van der Waals surface area contributed by atoms with Gasteiger partial charge in [0.2, 0.25) is 5.91 Å². The van der Waals surface area contributed by atoms with E-state index in [-0.39, 0.29) is 24.8 Å². The largest absolute Gasteiger partial charge is 0.325 e. The Morgan fingerprint density at radius 2 is 2.31 bits per heavy atom. The quantitative estimate of drug-likeness (QED) is 0.476. The zero-order chi connectivity index (χ0) is 10.1. The number of hydrogen-bond donors (Lipinski definition) is 1. The fraction of sp³-hybridized carbons (Fsp3) is 0.571. The summed E-state index contributed by atoms with van der Waals surface area (Å²) in [5, 5.41) is 0. The molecular formula is C7H9NO4S. The van der Waals surface area contributed by atoms with Crippen molar-refractivity contribution in [2.24, 2.45) is 5.92 Å². The normalized spacial score (nSPS) is 23.2. The molecule has 0 aromatic carbocycles. The molecule has 1 amide bonds. The predicted octanol–water partition coefficient (Wildman–Crippen LogP) is -0.687. The van der Waals surface area contributed by atoms with E-state index in [9.17, 15) is 13.2 Å². The maximum absolute atomic E-state index is 11.1. The molecule has 0 aromatic heterocycles. The van der Waals surface area contributed by atoms with Crippen molar-refractivity contribution in [2.75, 3.05) is 12.4 Å². The van der Waals surface area contributed by atoms with E-state index in [1.807, 2.05) is 0 Å². The summed E-state index contributed by atoms with van der Waals surface area (Å²) >= 11 is 0. The fourth-order valence-corrected chi connectivity index (χ4v) is 1.85. The minimum Gasteiger partial charge on any atom is -0.325 e. The van der Waals surface area contributed by atoms with Crippen LogP contribution in [0, 0.1) is 18.3 Å². The molecule has 1 unspecified atom stereocenters. The number of terminal acetylenes is 1. The standard InChI is InChI=1S/C7H9NO4S/c1-2-6-3-7(9)8(4-6)5-13(10,11)12/h1,6H,3-5H2,(H,10,11,12). The van der Waals surface area contributed by atoms with Gasteiger partial charge in [-0.15, -0.1) is 12.3 Å². The number of rotatable bonds is 2. The van der Waals surface area contributed by atoms with Crippen molar-refractivity contribution in [3.63, 3.8) is 0 Å². The summed E-state index contributed by atoms with van der Waals surface area (Å²) in [5.41, 5.74) is 0. The second-order valence-electron chi connectivity index (χ2n) is 2.89. The van der Waals surface area contributed by atoms with Gasteiger partial charge >= 0.3 is 0 Å². The topological polar surface area (TPSA) is 74.7 Å². The Bertz CT molecular complexity index is 353. The lowest BCUT2D eigenvalue weighted by atomic mass is 10.1. The second-order valence-corrected chi connectivity index (χ2v) is 4.32. The lowest BCUT2D eigenvalue weighted by Crippen LogP contribution is -2.30. The Balaban J connectivity index is 2.65. The molecule has 0 aliphatic carbocycles. The number of amides is 1. The first-order chi connectivity index (χ1) is 5.92. The fourth-order valence-electron chi connectivity index (χ4n) is 1.21. The number of likely N-dealkylation sites (tertiary alicyclic amines) is 1. The van der Waals surface area contributed by atoms with Gasteiger partial charge in [-0.25, -0.2) is 0 Å². The van der Waals surface area contributed by atoms with Crippen LogP contribution in [0.5, 0.6) is 0 Å². The first-order valence-corrected chi connectivity index (χ1v) is 5.22. The smallest absolute Gasteiger partial charge is 0.283 e. The molecular weight excluding hydrogens is 194 g/mol. The molecule has 1 aliphatic heterocycles. The highest BCUT2D eigenvalue weighted by atomic mass is 32.2. The van der Waals surface area contributed by atoms with Crippen LogP contribution in [0.15, 0.2) is 0 Å². The van der Waals surface area contributed by atoms with Crippen LogP contribution in [0.2, 0.25) is 0 Å². The molecule has 5 nitrogen and oxygen atoms in total. The molecule has 1 N–H and O–H groups in total. The number of hydrogen-bond acceptors (Lipinski definition) is 3. The van der Waals surface area contributed by atoms with Crippen LogP contribution in [-0.2, 0) is 14.9 Å². The molecule has 1 fully saturated rings. The van der Waals surface area contributed by atoms with E-state index in [4.69, 9.17) is 11.0 Å². The lowest BCUT2D eigenvalue weighted by molar-refractivity contribution is -0.127. The molecule has 0 aromatic rings. The van der Waals surface area contributed by atoms with E-state index in [0.717, 1.165) is 4.90 Å². The van der Waals surface area contributed by atoms with Crippen molar-refractivity contribution in [2.45, 2.75) is 6.42 Å². The highest BCUT2D eigenvalue weighted by Gasteiger charge is 2.30. The van der Waals surface area contributed by atoms with Gasteiger partial charge in [-0.3, -0.25) is 9.35 Å². The van der Waals surface area contributed by atoms with Gasteiger partial charge in [-0.05, 0) is 0 Å². The Morgan fingerprint density at radius 3 is 2.69 bits per heavy atom. The van der Waals surface area contributed by atoms with E-state index in [1.165, 1.54) is 0 Å². The van der Waals surface area contributed by atoms with Crippen molar-refractivity contribution in [1.29, 1.82) is 0 Å². The third-order valence-corrected chi connectivity index (χ3v) is 2.41. The molecule has 6 heteroatoms. The van der Waals surface area contributed by atoms with Gasteiger partial charge < -0.3 is 4.90 Å². The monoisotopic (exact) mass is 203 g/mol. The summed E-state index contributed by atoms with van der Waals surface area (Å²) in [7, 11) is -4.14. The molecule has 0 radical (unpaired) electrons. The average molecular weight is 203 g/mol. The van der Waals surface area contributed by atoms with Crippen LogP contribution < -0.4 is 0 Å². The molecule has 1 rings (SSSR count). The maximum atomic E-state index is 11.1. The Kier molecular flexibility index (Phi) is 2.59. The molecule has 1 heterocycles. The zero-order valence-electron chi connectivity index (χ0n) is 6.80. The van der Waals surface area contributed by atoms with Crippen molar-refractivity contribution >= 4 is 16.0 Å². The minimum atomic E-state index is -4.14. The number of nitrogens with zero attached hydrogens (tertiary/aromatic N) is 1. The van der Waals surface area contributed by atoms with Crippen molar-refractivity contribution in [1.82, 2.24) is 4.90 Å². The van der Waals surface area contributed by atoms with Gasteiger partial charge in [0.15, 0.2) is 0 Å². The van der Waals surface area contributed by atoms with Gasteiger partial charge in [-0.2, -0.15) is 8.42 Å². The lowest BCUT2D eigenvalue weighted by Gasteiger charge is -2.12. The third kappa shape index (κ3) is 2.72. The Hall–Kier alpha value is -1.06. The second kappa shape index (κ2) is 3.36. The number of carbonyl (C=O) groups is 1. The van der Waals surface area contributed by atoms with E-state index in [1.54, 1.807) is 0 Å². The average Bonchev–Trinajstić information content (AvgIpc) is 2.29. The van der Waals surface area contributed by atoms with Crippen molar-refractivity contribution < 1.29 is 17.8 Å². The third-order valence-electron chi connectivity index (χ3n) is 1.77.